The third kappa shape index (κ3) is 1.67. The number of phenols is 1. The Morgan fingerprint density at radius 1 is 1.38 bits per heavy atom. The molecule has 84 valence electrons. The number of hydrogen-bond acceptors (Lipinski definition) is 3. The standard InChI is InChI=1S/C11H12BrN3O/c1-5-3-8(16)11(12)6(2)10(5)7-4-9(13)15-14-7/h3-4,16H,1-2H3,(H3,13,14,15). The topological polar surface area (TPSA) is 74.9 Å². The number of benzene rings is 1. The van der Waals surface area contributed by atoms with E-state index < -0.39 is 0 Å². The summed E-state index contributed by atoms with van der Waals surface area (Å²) >= 11 is 3.35. The van der Waals surface area contributed by atoms with Gasteiger partial charge in [-0.15, -0.1) is 0 Å². The zero-order chi connectivity index (χ0) is 11.9. The molecule has 1 aromatic heterocycles. The van der Waals surface area contributed by atoms with Gasteiger partial charge >= 0.3 is 0 Å². The van der Waals surface area contributed by atoms with Crippen LogP contribution in [0.15, 0.2) is 16.6 Å². The van der Waals surface area contributed by atoms with Crippen molar-refractivity contribution in [2.24, 2.45) is 0 Å². The summed E-state index contributed by atoms with van der Waals surface area (Å²) in [4.78, 5) is 0. The van der Waals surface area contributed by atoms with Gasteiger partial charge in [0.25, 0.3) is 0 Å². The highest BCUT2D eigenvalue weighted by Gasteiger charge is 2.13. The largest absolute Gasteiger partial charge is 0.507 e. The summed E-state index contributed by atoms with van der Waals surface area (Å²) in [6, 6.07) is 3.49. The minimum atomic E-state index is 0.242. The Bertz CT molecular complexity index is 548. The molecule has 0 saturated carbocycles. The Kier molecular flexibility index (Phi) is 2.63. The van der Waals surface area contributed by atoms with E-state index in [1.54, 1.807) is 12.1 Å². The predicted molar refractivity (Wildman–Crippen MR) is 67.3 cm³/mol. The lowest BCUT2D eigenvalue weighted by Gasteiger charge is -2.11. The van der Waals surface area contributed by atoms with Crippen LogP contribution in [0.5, 0.6) is 5.75 Å². The Balaban J connectivity index is 2.70. The summed E-state index contributed by atoms with van der Waals surface area (Å²) in [6.45, 7) is 3.87. The minimum absolute atomic E-state index is 0.242. The molecular formula is C11H12BrN3O. The molecule has 5 heteroatoms. The molecule has 0 aliphatic heterocycles. The van der Waals surface area contributed by atoms with Gasteiger partial charge in [-0.3, -0.25) is 5.10 Å². The zero-order valence-electron chi connectivity index (χ0n) is 9.00. The van der Waals surface area contributed by atoms with Crippen LogP contribution < -0.4 is 5.73 Å². The molecule has 16 heavy (non-hydrogen) atoms. The first-order chi connectivity index (χ1) is 7.50. The van der Waals surface area contributed by atoms with Gasteiger partial charge in [-0.25, -0.2) is 0 Å². The molecule has 4 nitrogen and oxygen atoms in total. The van der Waals surface area contributed by atoms with Crippen molar-refractivity contribution in [3.05, 3.63) is 27.7 Å². The Labute approximate surface area is 102 Å². The van der Waals surface area contributed by atoms with Crippen molar-refractivity contribution in [1.82, 2.24) is 10.2 Å². The average Bonchev–Trinajstić information content (AvgIpc) is 2.61. The number of halogens is 1. The van der Waals surface area contributed by atoms with E-state index in [1.807, 2.05) is 13.8 Å². The highest BCUT2D eigenvalue weighted by molar-refractivity contribution is 9.10. The molecule has 0 spiro atoms. The van der Waals surface area contributed by atoms with E-state index in [0.717, 1.165) is 22.4 Å². The number of aromatic nitrogens is 2. The van der Waals surface area contributed by atoms with Gasteiger partial charge in [-0.1, -0.05) is 0 Å². The molecule has 0 saturated heterocycles. The van der Waals surface area contributed by atoms with Gasteiger partial charge in [-0.05, 0) is 47.0 Å². The molecule has 1 heterocycles. The second-order valence-electron chi connectivity index (χ2n) is 3.73. The summed E-state index contributed by atoms with van der Waals surface area (Å²) in [7, 11) is 0. The fourth-order valence-corrected chi connectivity index (χ4v) is 2.13. The molecule has 0 bridgehead atoms. The van der Waals surface area contributed by atoms with E-state index in [1.165, 1.54) is 0 Å². The quantitative estimate of drug-likeness (QED) is 0.752. The maximum absolute atomic E-state index is 9.66. The highest BCUT2D eigenvalue weighted by atomic mass is 79.9. The van der Waals surface area contributed by atoms with E-state index in [0.29, 0.717) is 10.3 Å². The molecule has 0 amide bonds. The Hall–Kier alpha value is -1.49. The third-order valence-electron chi connectivity index (χ3n) is 2.54. The number of aryl methyl sites for hydroxylation is 1. The summed E-state index contributed by atoms with van der Waals surface area (Å²) in [5.41, 5.74) is 9.38. The van der Waals surface area contributed by atoms with Crippen LogP contribution in [0.2, 0.25) is 0 Å². The molecule has 0 atom stereocenters. The van der Waals surface area contributed by atoms with Gasteiger partial charge in [0.1, 0.15) is 11.6 Å². The van der Waals surface area contributed by atoms with Crippen molar-refractivity contribution in [1.29, 1.82) is 0 Å². The van der Waals surface area contributed by atoms with Crippen molar-refractivity contribution >= 4 is 21.7 Å². The van der Waals surface area contributed by atoms with Crippen molar-refractivity contribution in [2.75, 3.05) is 5.73 Å². The lowest BCUT2D eigenvalue weighted by atomic mass is 9.99. The van der Waals surface area contributed by atoms with Crippen molar-refractivity contribution < 1.29 is 5.11 Å². The predicted octanol–water partition coefficient (Wildman–Crippen LogP) is 2.74. The Morgan fingerprint density at radius 2 is 2.06 bits per heavy atom. The average molecular weight is 282 g/mol. The Morgan fingerprint density at radius 3 is 2.62 bits per heavy atom. The fourth-order valence-electron chi connectivity index (χ4n) is 1.82. The number of aromatic amines is 1. The summed E-state index contributed by atoms with van der Waals surface area (Å²) in [5, 5.41) is 16.4. The van der Waals surface area contributed by atoms with E-state index in [4.69, 9.17) is 5.73 Å². The molecule has 0 fully saturated rings. The number of hydrogen-bond donors (Lipinski definition) is 3. The van der Waals surface area contributed by atoms with Gasteiger partial charge in [-0.2, -0.15) is 5.10 Å². The third-order valence-corrected chi connectivity index (χ3v) is 3.54. The van der Waals surface area contributed by atoms with Gasteiger partial charge < -0.3 is 10.8 Å². The number of nitrogens with zero attached hydrogens (tertiary/aromatic N) is 1. The lowest BCUT2D eigenvalue weighted by molar-refractivity contribution is 0.471. The van der Waals surface area contributed by atoms with Gasteiger partial charge in [0.2, 0.25) is 0 Å². The number of phenolic OH excluding ortho intramolecular Hbond substituents is 1. The van der Waals surface area contributed by atoms with Gasteiger partial charge in [0.15, 0.2) is 0 Å². The number of nitrogens with two attached hydrogens (primary N) is 1. The fraction of sp³-hybridized carbons (Fsp3) is 0.182. The first-order valence-electron chi connectivity index (χ1n) is 4.80. The number of aromatic hydroxyl groups is 1. The van der Waals surface area contributed by atoms with Gasteiger partial charge in [0, 0.05) is 11.6 Å². The van der Waals surface area contributed by atoms with Gasteiger partial charge in [0.05, 0.1) is 10.2 Å². The van der Waals surface area contributed by atoms with Crippen LogP contribution in [0.4, 0.5) is 5.82 Å². The molecule has 0 radical (unpaired) electrons. The molecule has 0 aliphatic carbocycles. The summed E-state index contributed by atoms with van der Waals surface area (Å²) in [6.07, 6.45) is 0. The number of anilines is 1. The van der Waals surface area contributed by atoms with Crippen molar-refractivity contribution in [2.45, 2.75) is 13.8 Å². The van der Waals surface area contributed by atoms with Crippen LogP contribution in [0.25, 0.3) is 11.3 Å². The van der Waals surface area contributed by atoms with Crippen LogP contribution in [-0.2, 0) is 0 Å². The number of rotatable bonds is 1. The first-order valence-corrected chi connectivity index (χ1v) is 5.60. The van der Waals surface area contributed by atoms with Crippen molar-refractivity contribution in [3.63, 3.8) is 0 Å². The monoisotopic (exact) mass is 281 g/mol. The molecular weight excluding hydrogens is 270 g/mol. The number of H-pyrrole nitrogens is 1. The second-order valence-corrected chi connectivity index (χ2v) is 4.53. The highest BCUT2D eigenvalue weighted by Crippen LogP contribution is 2.37. The smallest absolute Gasteiger partial charge is 0.145 e. The van der Waals surface area contributed by atoms with E-state index >= 15 is 0 Å². The maximum Gasteiger partial charge on any atom is 0.145 e. The molecule has 0 aliphatic rings. The molecule has 2 rings (SSSR count). The van der Waals surface area contributed by atoms with Crippen LogP contribution in [0, 0.1) is 13.8 Å². The van der Waals surface area contributed by atoms with Crippen LogP contribution in [0.1, 0.15) is 11.1 Å². The number of nitrogen functional groups attached to an aromatic ring is 1. The lowest BCUT2D eigenvalue weighted by Crippen LogP contribution is -1.90. The maximum atomic E-state index is 9.66. The second kappa shape index (κ2) is 3.83. The van der Waals surface area contributed by atoms with E-state index in [2.05, 4.69) is 26.1 Å². The molecule has 1 aromatic carbocycles. The van der Waals surface area contributed by atoms with Crippen LogP contribution >= 0.6 is 15.9 Å². The summed E-state index contributed by atoms with van der Waals surface area (Å²) in [5.74, 6) is 0.698. The first kappa shape index (κ1) is 11.0. The molecule has 2 aromatic rings. The SMILES string of the molecule is Cc1cc(O)c(Br)c(C)c1-c1cc(N)n[nH]1. The van der Waals surface area contributed by atoms with Crippen molar-refractivity contribution in [3.8, 4) is 17.0 Å². The van der Waals surface area contributed by atoms with E-state index in [9.17, 15) is 5.11 Å². The molecule has 4 N–H and O–H groups in total. The van der Waals surface area contributed by atoms with Crippen LogP contribution in [-0.4, -0.2) is 15.3 Å². The number of nitrogens with one attached hydrogen (secondary N) is 1. The normalized spacial score (nSPS) is 10.7. The minimum Gasteiger partial charge on any atom is -0.507 e. The van der Waals surface area contributed by atoms with E-state index in [-0.39, 0.29) is 5.75 Å². The molecule has 0 unspecified atom stereocenters. The van der Waals surface area contributed by atoms with Crippen LogP contribution in [0.3, 0.4) is 0 Å². The zero-order valence-corrected chi connectivity index (χ0v) is 10.6. The summed E-state index contributed by atoms with van der Waals surface area (Å²) < 4.78 is 0.696.